The normalized spacial score (nSPS) is 29.4. The third kappa shape index (κ3) is 2.08. The lowest BCUT2D eigenvalue weighted by molar-refractivity contribution is -0.160. The van der Waals surface area contributed by atoms with E-state index in [2.05, 4.69) is 11.3 Å². The molecule has 3 nitrogen and oxygen atoms in total. The Morgan fingerprint density at radius 3 is 3.00 bits per heavy atom. The van der Waals surface area contributed by atoms with Gasteiger partial charge < -0.3 is 9.47 Å². The molecule has 0 aromatic heterocycles. The maximum Gasteiger partial charge on any atom is 0.335 e. The molecule has 1 fully saturated rings. The summed E-state index contributed by atoms with van der Waals surface area (Å²) in [5.74, 6) is -0.276. The molecule has 0 aromatic carbocycles. The minimum atomic E-state index is -0.383. The maximum atomic E-state index is 11.0. The number of esters is 1. The molecular formula is C9H14O3. The summed E-state index contributed by atoms with van der Waals surface area (Å²) in [5.41, 5.74) is 0. The van der Waals surface area contributed by atoms with Gasteiger partial charge in [-0.3, -0.25) is 0 Å². The van der Waals surface area contributed by atoms with Crippen LogP contribution >= 0.6 is 0 Å². The van der Waals surface area contributed by atoms with Crippen molar-refractivity contribution in [3.8, 4) is 0 Å². The Kier molecular flexibility index (Phi) is 3.29. The van der Waals surface area contributed by atoms with E-state index in [4.69, 9.17) is 4.74 Å². The number of ether oxygens (including phenoxy) is 2. The van der Waals surface area contributed by atoms with Crippen molar-refractivity contribution in [1.29, 1.82) is 0 Å². The molecule has 2 atom stereocenters. The lowest BCUT2D eigenvalue weighted by atomic mass is 10.0. The molecule has 0 spiro atoms. The zero-order valence-electron chi connectivity index (χ0n) is 7.29. The fraction of sp³-hybridized carbons (Fsp3) is 0.667. The third-order valence-corrected chi connectivity index (χ3v) is 2.02. The van der Waals surface area contributed by atoms with Crippen molar-refractivity contribution in [2.24, 2.45) is 0 Å². The van der Waals surface area contributed by atoms with Crippen LogP contribution in [-0.4, -0.2) is 25.3 Å². The molecule has 0 radical (unpaired) electrons. The largest absolute Gasteiger partial charge is 0.467 e. The number of carbonyl (C=O) groups excluding carboxylic acids is 1. The summed E-state index contributed by atoms with van der Waals surface area (Å²) in [4.78, 5) is 11.0. The van der Waals surface area contributed by atoms with E-state index >= 15 is 0 Å². The molecule has 1 aliphatic rings. The number of carbonyl (C=O) groups is 1. The molecule has 1 saturated heterocycles. The van der Waals surface area contributed by atoms with E-state index < -0.39 is 0 Å². The van der Waals surface area contributed by atoms with Gasteiger partial charge in [-0.2, -0.15) is 0 Å². The second-order valence-corrected chi connectivity index (χ2v) is 2.85. The number of rotatable bonds is 2. The minimum absolute atomic E-state index is 0.0165. The monoisotopic (exact) mass is 170 g/mol. The average molecular weight is 170 g/mol. The minimum Gasteiger partial charge on any atom is -0.467 e. The Hall–Kier alpha value is -0.830. The van der Waals surface area contributed by atoms with Crippen LogP contribution in [0.3, 0.4) is 0 Å². The summed E-state index contributed by atoms with van der Waals surface area (Å²) in [6.45, 7) is 3.63. The highest BCUT2D eigenvalue weighted by atomic mass is 16.6. The molecule has 0 aliphatic carbocycles. The molecule has 3 heteroatoms. The van der Waals surface area contributed by atoms with Crippen LogP contribution in [0.25, 0.3) is 0 Å². The predicted molar refractivity (Wildman–Crippen MR) is 44.7 cm³/mol. The van der Waals surface area contributed by atoms with Gasteiger partial charge in [-0.25, -0.2) is 4.79 Å². The van der Waals surface area contributed by atoms with E-state index in [0.29, 0.717) is 0 Å². The highest BCUT2D eigenvalue weighted by Crippen LogP contribution is 2.20. The first-order valence-electron chi connectivity index (χ1n) is 4.13. The molecule has 1 rings (SSSR count). The van der Waals surface area contributed by atoms with Gasteiger partial charge in [-0.1, -0.05) is 6.08 Å². The molecular weight excluding hydrogens is 156 g/mol. The average Bonchev–Trinajstić information content (AvgIpc) is 2.17. The van der Waals surface area contributed by atoms with Crippen LogP contribution in [0.15, 0.2) is 12.7 Å². The highest BCUT2D eigenvalue weighted by molar-refractivity contribution is 5.74. The summed E-state index contributed by atoms with van der Waals surface area (Å²) < 4.78 is 9.98. The molecule has 0 bridgehead atoms. The Morgan fingerprint density at radius 1 is 1.67 bits per heavy atom. The molecule has 0 saturated carbocycles. The van der Waals surface area contributed by atoms with Crippen molar-refractivity contribution in [2.75, 3.05) is 7.11 Å². The van der Waals surface area contributed by atoms with Crippen LogP contribution in [0.2, 0.25) is 0 Å². The van der Waals surface area contributed by atoms with Gasteiger partial charge in [0.15, 0.2) is 6.10 Å². The summed E-state index contributed by atoms with van der Waals surface area (Å²) in [5, 5.41) is 0. The van der Waals surface area contributed by atoms with Crippen molar-refractivity contribution >= 4 is 5.97 Å². The SMILES string of the molecule is C=CC1CCCC(C(=O)OC)O1. The van der Waals surface area contributed by atoms with E-state index in [9.17, 15) is 4.79 Å². The number of hydrogen-bond donors (Lipinski definition) is 0. The van der Waals surface area contributed by atoms with E-state index in [1.807, 2.05) is 0 Å². The van der Waals surface area contributed by atoms with Crippen LogP contribution in [0, 0.1) is 0 Å². The lowest BCUT2D eigenvalue weighted by Crippen LogP contribution is -2.33. The molecule has 1 heterocycles. The van der Waals surface area contributed by atoms with Crippen molar-refractivity contribution < 1.29 is 14.3 Å². The molecule has 0 aromatic rings. The summed E-state index contributed by atoms with van der Waals surface area (Å²) in [6.07, 6.45) is 4.08. The van der Waals surface area contributed by atoms with Gasteiger partial charge in [0.25, 0.3) is 0 Å². The summed E-state index contributed by atoms with van der Waals surface area (Å²) >= 11 is 0. The first-order valence-corrected chi connectivity index (χ1v) is 4.13. The Bertz CT molecular complexity index is 177. The van der Waals surface area contributed by atoms with Gasteiger partial charge >= 0.3 is 5.97 Å². The van der Waals surface area contributed by atoms with E-state index in [1.54, 1.807) is 6.08 Å². The number of hydrogen-bond acceptors (Lipinski definition) is 3. The van der Waals surface area contributed by atoms with E-state index in [-0.39, 0.29) is 18.2 Å². The molecule has 1 aliphatic heterocycles. The molecule has 68 valence electrons. The smallest absolute Gasteiger partial charge is 0.335 e. The maximum absolute atomic E-state index is 11.0. The zero-order valence-corrected chi connectivity index (χ0v) is 7.29. The fourth-order valence-electron chi connectivity index (χ4n) is 1.33. The van der Waals surface area contributed by atoms with E-state index in [1.165, 1.54) is 7.11 Å². The topological polar surface area (TPSA) is 35.5 Å². The van der Waals surface area contributed by atoms with Crippen molar-refractivity contribution in [2.45, 2.75) is 31.5 Å². The molecule has 0 amide bonds. The van der Waals surface area contributed by atoms with Gasteiger partial charge in [-0.15, -0.1) is 6.58 Å². The van der Waals surface area contributed by atoms with Crippen LogP contribution in [-0.2, 0) is 14.3 Å². The van der Waals surface area contributed by atoms with Crippen molar-refractivity contribution in [3.63, 3.8) is 0 Å². The Labute approximate surface area is 72.4 Å². The van der Waals surface area contributed by atoms with Crippen LogP contribution in [0.1, 0.15) is 19.3 Å². The highest BCUT2D eigenvalue weighted by Gasteiger charge is 2.26. The molecule has 2 unspecified atom stereocenters. The van der Waals surface area contributed by atoms with Crippen molar-refractivity contribution in [1.82, 2.24) is 0 Å². The quantitative estimate of drug-likeness (QED) is 0.462. The fourth-order valence-corrected chi connectivity index (χ4v) is 1.33. The van der Waals surface area contributed by atoms with Gasteiger partial charge in [0.1, 0.15) is 0 Å². The van der Waals surface area contributed by atoms with Gasteiger partial charge in [0, 0.05) is 0 Å². The van der Waals surface area contributed by atoms with Crippen LogP contribution in [0.4, 0.5) is 0 Å². The standard InChI is InChI=1S/C9H14O3/c1-3-7-5-4-6-8(12-7)9(10)11-2/h3,7-8H,1,4-6H2,2H3. The molecule has 0 N–H and O–H groups in total. The lowest BCUT2D eigenvalue weighted by Gasteiger charge is -2.25. The third-order valence-electron chi connectivity index (χ3n) is 2.02. The molecule has 12 heavy (non-hydrogen) atoms. The Morgan fingerprint density at radius 2 is 2.42 bits per heavy atom. The van der Waals surface area contributed by atoms with Gasteiger partial charge in [0.2, 0.25) is 0 Å². The van der Waals surface area contributed by atoms with Gasteiger partial charge in [0.05, 0.1) is 13.2 Å². The van der Waals surface area contributed by atoms with E-state index in [0.717, 1.165) is 19.3 Å². The summed E-state index contributed by atoms with van der Waals surface area (Å²) in [7, 11) is 1.38. The first kappa shape index (κ1) is 9.26. The van der Waals surface area contributed by atoms with Crippen LogP contribution in [0.5, 0.6) is 0 Å². The second-order valence-electron chi connectivity index (χ2n) is 2.85. The second kappa shape index (κ2) is 4.26. The summed E-state index contributed by atoms with van der Waals surface area (Å²) in [6, 6.07) is 0. The first-order chi connectivity index (χ1) is 5.77. The van der Waals surface area contributed by atoms with Gasteiger partial charge in [-0.05, 0) is 19.3 Å². The van der Waals surface area contributed by atoms with Crippen LogP contribution < -0.4 is 0 Å². The Balaban J connectivity index is 2.45. The van der Waals surface area contributed by atoms with Crippen molar-refractivity contribution in [3.05, 3.63) is 12.7 Å². The number of methoxy groups -OCH3 is 1. The zero-order chi connectivity index (χ0) is 8.97. The predicted octanol–water partition coefficient (Wildman–Crippen LogP) is 1.28.